The number of benzene rings is 1. The zero-order chi connectivity index (χ0) is 14.4. The van der Waals surface area contributed by atoms with Crippen molar-refractivity contribution in [2.24, 2.45) is 0 Å². The van der Waals surface area contributed by atoms with Gasteiger partial charge in [0.1, 0.15) is 12.3 Å². The number of hydrogen-bond acceptors (Lipinski definition) is 7. The van der Waals surface area contributed by atoms with Gasteiger partial charge in [-0.2, -0.15) is 12.6 Å². The molecule has 0 aliphatic carbocycles. The van der Waals surface area contributed by atoms with E-state index in [1.807, 2.05) is 0 Å². The molecule has 0 radical (unpaired) electrons. The molecule has 7 nitrogen and oxygen atoms in total. The van der Waals surface area contributed by atoms with E-state index in [2.05, 4.69) is 17.9 Å². The predicted octanol–water partition coefficient (Wildman–Crippen LogP) is -0.173. The zero-order valence-corrected chi connectivity index (χ0v) is 10.9. The Balaban J connectivity index is 0.000000250. The highest BCUT2D eigenvalue weighted by molar-refractivity contribution is 7.80. The first-order chi connectivity index (χ1) is 8.97. The number of aliphatic hydroxyl groups excluding tert-OH is 3. The first-order valence-corrected chi connectivity index (χ1v) is 6.10. The Bertz CT molecular complexity index is 423. The quantitative estimate of drug-likeness (QED) is 0.299. The van der Waals surface area contributed by atoms with Crippen molar-refractivity contribution in [2.45, 2.75) is 17.6 Å². The molecule has 1 fully saturated rings. The molecule has 19 heavy (non-hydrogen) atoms. The van der Waals surface area contributed by atoms with E-state index < -0.39 is 22.5 Å². The van der Waals surface area contributed by atoms with Crippen molar-refractivity contribution in [2.75, 3.05) is 13.2 Å². The Labute approximate surface area is 115 Å². The molecule has 1 heterocycles. The van der Waals surface area contributed by atoms with E-state index in [0.717, 1.165) is 0 Å². The molecule has 0 aromatic heterocycles. The monoisotopic (exact) mass is 288 g/mol. The van der Waals surface area contributed by atoms with Crippen LogP contribution < -0.4 is 5.32 Å². The summed E-state index contributed by atoms with van der Waals surface area (Å²) in [7, 11) is 0. The van der Waals surface area contributed by atoms with Gasteiger partial charge in [-0.25, -0.2) is 0 Å². The van der Waals surface area contributed by atoms with Crippen LogP contribution in [0.1, 0.15) is 10.8 Å². The molecule has 3 atom stereocenters. The molecule has 1 aromatic rings. The second-order valence-electron chi connectivity index (χ2n) is 3.93. The van der Waals surface area contributed by atoms with Gasteiger partial charge in [-0.15, -0.1) is 0 Å². The summed E-state index contributed by atoms with van der Waals surface area (Å²) in [5.74, 6) is 0. The van der Waals surface area contributed by atoms with Crippen molar-refractivity contribution < 1.29 is 20.2 Å². The molecule has 0 saturated carbocycles. The van der Waals surface area contributed by atoms with Crippen LogP contribution in [0.3, 0.4) is 0 Å². The van der Waals surface area contributed by atoms with Crippen LogP contribution in [0.25, 0.3) is 0 Å². The Hall–Kier alpha value is -1.19. The van der Waals surface area contributed by atoms with Gasteiger partial charge < -0.3 is 15.3 Å². The van der Waals surface area contributed by atoms with Crippen LogP contribution in [-0.2, 0) is 0 Å². The number of thiol groups is 1. The maximum absolute atomic E-state index is 10.5. The molecular formula is C11H16N2O5S. The van der Waals surface area contributed by atoms with Crippen molar-refractivity contribution in [3.63, 3.8) is 0 Å². The van der Waals surface area contributed by atoms with Gasteiger partial charge in [-0.1, -0.05) is 18.2 Å². The van der Waals surface area contributed by atoms with Crippen LogP contribution in [0.5, 0.6) is 0 Å². The minimum atomic E-state index is -0.662. The van der Waals surface area contributed by atoms with Crippen LogP contribution in [0.4, 0.5) is 5.69 Å². The summed E-state index contributed by atoms with van der Waals surface area (Å²) in [6.45, 7) is 0.315. The van der Waals surface area contributed by atoms with Crippen molar-refractivity contribution in [3.05, 3.63) is 39.9 Å². The summed E-state index contributed by atoms with van der Waals surface area (Å²) in [5.41, 5.74) is 0.440. The van der Waals surface area contributed by atoms with Gasteiger partial charge in [0, 0.05) is 18.2 Å². The zero-order valence-electron chi connectivity index (χ0n) is 10.0. The second-order valence-corrected chi connectivity index (χ2v) is 4.56. The first-order valence-electron chi connectivity index (χ1n) is 5.59. The number of nitro benzene ring substituents is 1. The van der Waals surface area contributed by atoms with E-state index in [-0.39, 0.29) is 12.3 Å². The lowest BCUT2D eigenvalue weighted by Crippen LogP contribution is -2.56. The van der Waals surface area contributed by atoms with E-state index in [0.29, 0.717) is 12.1 Å². The van der Waals surface area contributed by atoms with Gasteiger partial charge in [0.2, 0.25) is 0 Å². The van der Waals surface area contributed by atoms with Gasteiger partial charge in [-0.05, 0) is 0 Å². The fourth-order valence-corrected chi connectivity index (χ4v) is 1.58. The average molecular weight is 288 g/mol. The van der Waals surface area contributed by atoms with Crippen LogP contribution in [0.15, 0.2) is 24.3 Å². The minimum Gasteiger partial charge on any atom is -0.395 e. The molecule has 3 unspecified atom stereocenters. The largest absolute Gasteiger partial charge is 0.395 e. The maximum atomic E-state index is 10.5. The molecular weight excluding hydrogens is 272 g/mol. The summed E-state index contributed by atoms with van der Waals surface area (Å²) in [5, 5.41) is 38.2. The van der Waals surface area contributed by atoms with Crippen LogP contribution in [0.2, 0.25) is 0 Å². The summed E-state index contributed by atoms with van der Waals surface area (Å²) < 4.78 is 0. The number of rotatable bonds is 3. The molecule has 0 spiro atoms. The number of β-amino-alcohol motifs (C(OH)–C–C–N with tert-alkyl or cyclic N) is 1. The molecule has 2 rings (SSSR count). The Morgan fingerprint density at radius 1 is 1.47 bits per heavy atom. The lowest BCUT2D eigenvalue weighted by molar-refractivity contribution is -0.385. The second kappa shape index (κ2) is 7.41. The minimum absolute atomic E-state index is 0.00319. The fourth-order valence-electron chi connectivity index (χ4n) is 1.36. The summed E-state index contributed by atoms with van der Waals surface area (Å²) >= 11 is 4.03. The van der Waals surface area contributed by atoms with E-state index in [4.69, 9.17) is 15.3 Å². The molecule has 0 amide bonds. The number of hydrogen-bond donors (Lipinski definition) is 5. The number of nitrogens with one attached hydrogen (secondary N) is 1. The molecule has 1 aliphatic rings. The maximum Gasteiger partial charge on any atom is 0.273 e. The first kappa shape index (κ1) is 15.9. The number of aliphatic hydroxyl groups is 3. The van der Waals surface area contributed by atoms with Gasteiger partial charge in [0.25, 0.3) is 5.69 Å². The number of nitrogens with zero attached hydrogens (tertiary/aromatic N) is 1. The van der Waals surface area contributed by atoms with Gasteiger partial charge in [-0.3, -0.25) is 15.4 Å². The topological polar surface area (TPSA) is 116 Å². The Kier molecular flexibility index (Phi) is 6.19. The van der Waals surface area contributed by atoms with Crippen molar-refractivity contribution in [1.82, 2.24) is 5.32 Å². The summed E-state index contributed by atoms with van der Waals surface area (Å²) in [4.78, 5) is 10.1. The van der Waals surface area contributed by atoms with Crippen molar-refractivity contribution in [3.8, 4) is 0 Å². The molecule has 0 bridgehead atoms. The van der Waals surface area contributed by atoms with Crippen molar-refractivity contribution in [1.29, 1.82) is 0 Å². The third-order valence-corrected chi connectivity index (χ3v) is 3.01. The van der Waals surface area contributed by atoms with Crippen LogP contribution in [0, 0.1) is 10.1 Å². The lowest BCUT2D eigenvalue weighted by atomic mass is 10.1. The van der Waals surface area contributed by atoms with E-state index in [1.165, 1.54) is 6.07 Å². The lowest BCUT2D eigenvalue weighted by Gasteiger charge is -2.28. The third kappa shape index (κ3) is 4.44. The highest BCUT2D eigenvalue weighted by Gasteiger charge is 2.24. The standard InChI is InChI=1S/C8H9NO3S.C3H7NO2/c10-5-8(13)6-3-1-2-4-7(6)9(11)12;5-2-1-4-3(2)6/h1-4,8,10,13H,5H2;2-6H,1H2. The smallest absolute Gasteiger partial charge is 0.273 e. The average Bonchev–Trinajstić information content (AvgIpc) is 2.44. The normalized spacial score (nSPS) is 22.7. The van der Waals surface area contributed by atoms with Gasteiger partial charge >= 0.3 is 0 Å². The van der Waals surface area contributed by atoms with E-state index in [1.54, 1.807) is 18.2 Å². The molecule has 1 saturated heterocycles. The third-order valence-electron chi connectivity index (χ3n) is 2.57. The SMILES string of the molecule is O=[N+]([O-])c1ccccc1C(S)CO.OC1CNC1O. The van der Waals surface area contributed by atoms with Crippen molar-refractivity contribution >= 4 is 18.3 Å². The van der Waals surface area contributed by atoms with E-state index in [9.17, 15) is 10.1 Å². The molecule has 1 aromatic carbocycles. The predicted molar refractivity (Wildman–Crippen MR) is 71.9 cm³/mol. The summed E-state index contributed by atoms with van der Waals surface area (Å²) in [6, 6.07) is 6.25. The van der Waals surface area contributed by atoms with Gasteiger partial charge in [0.15, 0.2) is 0 Å². The molecule has 1 aliphatic heterocycles. The Morgan fingerprint density at radius 2 is 2.05 bits per heavy atom. The highest BCUT2D eigenvalue weighted by Crippen LogP contribution is 2.28. The van der Waals surface area contributed by atoms with Gasteiger partial charge in [0.05, 0.1) is 16.8 Å². The highest BCUT2D eigenvalue weighted by atomic mass is 32.1. The van der Waals surface area contributed by atoms with Crippen LogP contribution in [-0.4, -0.2) is 45.7 Å². The molecule has 8 heteroatoms. The Morgan fingerprint density at radius 3 is 2.42 bits per heavy atom. The molecule has 4 N–H and O–H groups in total. The summed E-state index contributed by atoms with van der Waals surface area (Å²) in [6.07, 6.45) is -1.19. The van der Waals surface area contributed by atoms with E-state index >= 15 is 0 Å². The number of nitro groups is 1. The van der Waals surface area contributed by atoms with Crippen LogP contribution >= 0.6 is 12.6 Å². The molecule has 106 valence electrons. The number of para-hydroxylation sites is 1. The fraction of sp³-hybridized carbons (Fsp3) is 0.455.